The number of nitrogens with zero attached hydrogens (tertiary/aromatic N) is 1. The van der Waals surface area contributed by atoms with Crippen LogP contribution in [0.1, 0.15) is 18.1 Å². The van der Waals surface area contributed by atoms with Gasteiger partial charge in [0.25, 0.3) is 5.79 Å². The molecule has 2 rings (SSSR count). The zero-order valence-electron chi connectivity index (χ0n) is 8.75. The standard InChI is InChI=1S/C11H12N2O3/c1-11(15-6-7-16-11)9-4-2-8(3-5-9)10(12)13-14/h2-7,14H,1H3,(H2,12,13). The van der Waals surface area contributed by atoms with Crippen LogP contribution < -0.4 is 5.73 Å². The lowest BCUT2D eigenvalue weighted by molar-refractivity contribution is -0.133. The fourth-order valence-corrected chi connectivity index (χ4v) is 1.48. The van der Waals surface area contributed by atoms with Crippen LogP contribution in [0.4, 0.5) is 0 Å². The van der Waals surface area contributed by atoms with Gasteiger partial charge in [0.05, 0.1) is 0 Å². The first-order chi connectivity index (χ1) is 7.65. The molecule has 5 heteroatoms. The van der Waals surface area contributed by atoms with Gasteiger partial charge >= 0.3 is 0 Å². The summed E-state index contributed by atoms with van der Waals surface area (Å²) >= 11 is 0. The van der Waals surface area contributed by atoms with Crippen molar-refractivity contribution in [2.75, 3.05) is 0 Å². The Kier molecular flexibility index (Phi) is 2.44. The molecule has 0 bridgehead atoms. The summed E-state index contributed by atoms with van der Waals surface area (Å²) in [6, 6.07) is 7.09. The molecule has 16 heavy (non-hydrogen) atoms. The highest BCUT2D eigenvalue weighted by atomic mass is 16.7. The number of hydrogen-bond donors (Lipinski definition) is 2. The van der Waals surface area contributed by atoms with Crippen molar-refractivity contribution in [2.24, 2.45) is 10.9 Å². The molecule has 0 spiro atoms. The maximum Gasteiger partial charge on any atom is 0.273 e. The van der Waals surface area contributed by atoms with Crippen molar-refractivity contribution >= 4 is 5.84 Å². The average molecular weight is 220 g/mol. The van der Waals surface area contributed by atoms with Crippen molar-refractivity contribution in [1.82, 2.24) is 0 Å². The van der Waals surface area contributed by atoms with Gasteiger partial charge in [0.2, 0.25) is 0 Å². The van der Waals surface area contributed by atoms with Gasteiger partial charge in [-0.3, -0.25) is 0 Å². The first-order valence-corrected chi connectivity index (χ1v) is 4.75. The van der Waals surface area contributed by atoms with Crippen molar-refractivity contribution in [3.63, 3.8) is 0 Å². The van der Waals surface area contributed by atoms with Gasteiger partial charge in [-0.1, -0.05) is 29.4 Å². The minimum absolute atomic E-state index is 0.0723. The zero-order chi connectivity index (χ0) is 11.6. The molecule has 1 aliphatic rings. The monoisotopic (exact) mass is 220 g/mol. The molecular weight excluding hydrogens is 208 g/mol. The first kappa shape index (κ1) is 10.4. The molecule has 5 nitrogen and oxygen atoms in total. The molecular formula is C11H12N2O3. The van der Waals surface area contributed by atoms with E-state index in [1.54, 1.807) is 24.3 Å². The van der Waals surface area contributed by atoms with E-state index in [4.69, 9.17) is 20.4 Å². The Morgan fingerprint density at radius 2 is 1.81 bits per heavy atom. The van der Waals surface area contributed by atoms with E-state index in [9.17, 15) is 0 Å². The Morgan fingerprint density at radius 3 is 2.31 bits per heavy atom. The number of ether oxygens (including phenoxy) is 2. The van der Waals surface area contributed by atoms with Crippen LogP contribution in [0.5, 0.6) is 0 Å². The molecule has 0 saturated heterocycles. The van der Waals surface area contributed by atoms with Gasteiger partial charge in [-0.05, 0) is 0 Å². The summed E-state index contributed by atoms with van der Waals surface area (Å²) in [5.74, 6) is -0.716. The number of hydrogen-bond acceptors (Lipinski definition) is 4. The van der Waals surface area contributed by atoms with Crippen molar-refractivity contribution < 1.29 is 14.7 Å². The van der Waals surface area contributed by atoms with E-state index < -0.39 is 5.79 Å². The molecule has 0 unspecified atom stereocenters. The molecule has 0 amide bonds. The van der Waals surface area contributed by atoms with Crippen molar-refractivity contribution in [2.45, 2.75) is 12.7 Å². The first-order valence-electron chi connectivity index (χ1n) is 4.75. The van der Waals surface area contributed by atoms with Gasteiger partial charge in [-0.25, -0.2) is 0 Å². The largest absolute Gasteiger partial charge is 0.453 e. The van der Waals surface area contributed by atoms with Crippen molar-refractivity contribution in [3.05, 3.63) is 47.9 Å². The molecule has 3 N–H and O–H groups in total. The number of benzene rings is 1. The van der Waals surface area contributed by atoms with Crippen LogP contribution in [0.3, 0.4) is 0 Å². The van der Waals surface area contributed by atoms with Crippen LogP contribution in [0.15, 0.2) is 41.9 Å². The molecule has 0 saturated carbocycles. The molecule has 1 aliphatic heterocycles. The van der Waals surface area contributed by atoms with E-state index in [1.165, 1.54) is 12.5 Å². The van der Waals surface area contributed by atoms with E-state index >= 15 is 0 Å². The Labute approximate surface area is 92.8 Å². The van der Waals surface area contributed by atoms with Crippen molar-refractivity contribution in [1.29, 1.82) is 0 Å². The van der Waals surface area contributed by atoms with E-state index in [0.717, 1.165) is 5.56 Å². The normalized spacial score (nSPS) is 17.9. The predicted molar refractivity (Wildman–Crippen MR) is 57.6 cm³/mol. The maximum absolute atomic E-state index is 8.52. The lowest BCUT2D eigenvalue weighted by Crippen LogP contribution is -2.22. The predicted octanol–water partition coefficient (Wildman–Crippen LogP) is 1.47. The third-order valence-electron chi connectivity index (χ3n) is 2.45. The third kappa shape index (κ3) is 1.67. The van der Waals surface area contributed by atoms with Crippen molar-refractivity contribution in [3.8, 4) is 0 Å². The van der Waals surface area contributed by atoms with E-state index in [0.29, 0.717) is 5.56 Å². The minimum atomic E-state index is -0.788. The molecule has 0 aliphatic carbocycles. The molecule has 1 heterocycles. The number of rotatable bonds is 2. The van der Waals surface area contributed by atoms with Crippen LogP contribution in [0.2, 0.25) is 0 Å². The molecule has 1 aromatic rings. The topological polar surface area (TPSA) is 77.1 Å². The highest BCUT2D eigenvalue weighted by Crippen LogP contribution is 2.31. The second-order valence-electron chi connectivity index (χ2n) is 3.52. The van der Waals surface area contributed by atoms with Crippen LogP contribution in [0, 0.1) is 0 Å². The van der Waals surface area contributed by atoms with Gasteiger partial charge in [0.15, 0.2) is 5.84 Å². The second-order valence-corrected chi connectivity index (χ2v) is 3.52. The average Bonchev–Trinajstić information content (AvgIpc) is 2.77. The summed E-state index contributed by atoms with van der Waals surface area (Å²) in [5, 5.41) is 11.4. The zero-order valence-corrected chi connectivity index (χ0v) is 8.75. The molecule has 84 valence electrons. The molecule has 0 aromatic heterocycles. The fourth-order valence-electron chi connectivity index (χ4n) is 1.48. The smallest absolute Gasteiger partial charge is 0.273 e. The van der Waals surface area contributed by atoms with Gasteiger partial charge < -0.3 is 20.4 Å². The van der Waals surface area contributed by atoms with E-state index in [-0.39, 0.29) is 5.84 Å². The SMILES string of the molecule is CC1(c2ccc(C(N)=NO)cc2)OC=CO1. The van der Waals surface area contributed by atoms with E-state index in [2.05, 4.69) is 5.16 Å². The lowest BCUT2D eigenvalue weighted by Gasteiger charge is -2.23. The summed E-state index contributed by atoms with van der Waals surface area (Å²) in [5.41, 5.74) is 6.95. The minimum Gasteiger partial charge on any atom is -0.453 e. The van der Waals surface area contributed by atoms with Crippen LogP contribution in [-0.4, -0.2) is 11.0 Å². The highest BCUT2D eigenvalue weighted by Gasteiger charge is 2.31. The Balaban J connectivity index is 2.26. The highest BCUT2D eigenvalue weighted by molar-refractivity contribution is 5.96. The van der Waals surface area contributed by atoms with Crippen LogP contribution in [-0.2, 0) is 15.3 Å². The summed E-state index contributed by atoms with van der Waals surface area (Å²) in [4.78, 5) is 0. The molecule has 0 radical (unpaired) electrons. The summed E-state index contributed by atoms with van der Waals surface area (Å²) in [7, 11) is 0. The Hall–Kier alpha value is -2.17. The van der Waals surface area contributed by atoms with Crippen LogP contribution in [0.25, 0.3) is 0 Å². The number of nitrogens with two attached hydrogens (primary N) is 1. The van der Waals surface area contributed by atoms with Gasteiger partial charge in [-0.2, -0.15) is 0 Å². The quantitative estimate of drug-likeness (QED) is 0.342. The molecule has 1 aromatic carbocycles. The van der Waals surface area contributed by atoms with Gasteiger partial charge in [-0.15, -0.1) is 0 Å². The maximum atomic E-state index is 8.52. The number of amidine groups is 1. The fraction of sp³-hybridized carbons (Fsp3) is 0.182. The Morgan fingerprint density at radius 1 is 1.25 bits per heavy atom. The summed E-state index contributed by atoms with van der Waals surface area (Å²) < 4.78 is 10.7. The lowest BCUT2D eigenvalue weighted by atomic mass is 10.0. The van der Waals surface area contributed by atoms with Gasteiger partial charge in [0, 0.05) is 18.1 Å². The summed E-state index contributed by atoms with van der Waals surface area (Å²) in [6.45, 7) is 1.81. The summed E-state index contributed by atoms with van der Waals surface area (Å²) in [6.07, 6.45) is 2.99. The number of oxime groups is 1. The van der Waals surface area contributed by atoms with E-state index in [1.807, 2.05) is 6.92 Å². The van der Waals surface area contributed by atoms with Crippen LogP contribution >= 0.6 is 0 Å². The third-order valence-corrected chi connectivity index (χ3v) is 2.45. The molecule has 0 fully saturated rings. The Bertz CT molecular complexity index is 429. The van der Waals surface area contributed by atoms with Gasteiger partial charge in [0.1, 0.15) is 12.5 Å². The molecule has 0 atom stereocenters. The second kappa shape index (κ2) is 3.77.